The van der Waals surface area contributed by atoms with E-state index in [2.05, 4.69) is 5.32 Å². The first-order valence-electron chi connectivity index (χ1n) is 10.4. The predicted octanol–water partition coefficient (Wildman–Crippen LogP) is 3.16. The number of thioether (sulfide) groups is 1. The van der Waals surface area contributed by atoms with E-state index < -0.39 is 10.7 Å². The van der Waals surface area contributed by atoms with E-state index in [0.717, 1.165) is 25.7 Å². The molecule has 160 valence electrons. The molecule has 0 unspecified atom stereocenters. The first-order chi connectivity index (χ1) is 15.0. The molecule has 6 nitrogen and oxygen atoms in total. The Morgan fingerprint density at radius 1 is 1.10 bits per heavy atom. The van der Waals surface area contributed by atoms with Crippen LogP contribution in [0.2, 0.25) is 0 Å². The van der Waals surface area contributed by atoms with E-state index in [4.69, 9.17) is 0 Å². The zero-order valence-corrected chi connectivity index (χ0v) is 17.7. The van der Waals surface area contributed by atoms with Crippen LogP contribution in [0, 0.1) is 5.82 Å². The molecular weight excluding hydrogens is 417 g/mol. The van der Waals surface area contributed by atoms with Gasteiger partial charge in [0.05, 0.1) is 11.4 Å². The summed E-state index contributed by atoms with van der Waals surface area (Å²) in [6.45, 7) is -0.0971. The minimum Gasteiger partial charge on any atom is -0.352 e. The quantitative estimate of drug-likeness (QED) is 0.795. The molecule has 2 aliphatic heterocycles. The van der Waals surface area contributed by atoms with Crippen molar-refractivity contribution in [3.63, 3.8) is 0 Å². The van der Waals surface area contributed by atoms with Crippen molar-refractivity contribution in [1.29, 1.82) is 0 Å². The van der Waals surface area contributed by atoms with Gasteiger partial charge in [0, 0.05) is 17.3 Å². The summed E-state index contributed by atoms with van der Waals surface area (Å²) >= 11 is 1.24. The van der Waals surface area contributed by atoms with Gasteiger partial charge < -0.3 is 5.32 Å². The fraction of sp³-hybridized carbons (Fsp3) is 0.348. The lowest BCUT2D eigenvalue weighted by molar-refractivity contribution is -0.126. The zero-order valence-electron chi connectivity index (χ0n) is 16.8. The Labute approximate surface area is 183 Å². The van der Waals surface area contributed by atoms with Crippen LogP contribution in [-0.2, 0) is 19.3 Å². The van der Waals surface area contributed by atoms with E-state index in [-0.39, 0.29) is 36.1 Å². The van der Waals surface area contributed by atoms with Crippen LogP contribution in [0.5, 0.6) is 0 Å². The molecular formula is C23H22FN3O3S. The van der Waals surface area contributed by atoms with Gasteiger partial charge in [-0.2, -0.15) is 0 Å². The third-order valence-corrected chi connectivity index (χ3v) is 7.56. The highest BCUT2D eigenvalue weighted by atomic mass is 32.2. The number of carbonyl (C=O) groups is 3. The first-order valence-corrected chi connectivity index (χ1v) is 11.4. The standard InChI is InChI=1S/C23H22FN3O3S/c24-15-9-11-17(12-10-15)27-21(29)14-31-23(27)18-7-3-4-8-19(18)26(22(23)30)13-20(28)25-16-5-1-2-6-16/h3-4,7-12,16H,1-2,5-6,13-14H2,(H,25,28)/t23-/m1/s1. The molecule has 2 aromatic carbocycles. The third-order valence-electron chi connectivity index (χ3n) is 6.17. The molecule has 0 radical (unpaired) electrons. The number of fused-ring (bicyclic) bond motifs is 2. The maximum Gasteiger partial charge on any atom is 0.269 e. The molecule has 1 saturated heterocycles. The van der Waals surface area contributed by atoms with Crippen molar-refractivity contribution in [1.82, 2.24) is 5.32 Å². The summed E-state index contributed by atoms with van der Waals surface area (Å²) in [5.41, 5.74) is 1.76. The van der Waals surface area contributed by atoms with Crippen molar-refractivity contribution in [2.75, 3.05) is 22.1 Å². The summed E-state index contributed by atoms with van der Waals surface area (Å²) < 4.78 is 13.5. The van der Waals surface area contributed by atoms with E-state index in [0.29, 0.717) is 16.9 Å². The van der Waals surface area contributed by atoms with Gasteiger partial charge in [-0.25, -0.2) is 4.39 Å². The average molecular weight is 440 g/mol. The maximum atomic E-state index is 13.8. The normalized spacial score (nSPS) is 23.1. The number of para-hydroxylation sites is 1. The lowest BCUT2D eigenvalue weighted by Crippen LogP contribution is -2.51. The molecule has 2 aromatic rings. The number of halogens is 1. The van der Waals surface area contributed by atoms with Crippen molar-refractivity contribution in [3.05, 3.63) is 59.9 Å². The van der Waals surface area contributed by atoms with Crippen molar-refractivity contribution in [3.8, 4) is 0 Å². The molecule has 5 rings (SSSR count). The number of benzene rings is 2. The summed E-state index contributed by atoms with van der Waals surface area (Å²) in [5, 5.41) is 3.03. The van der Waals surface area contributed by atoms with Gasteiger partial charge in [-0.1, -0.05) is 31.0 Å². The van der Waals surface area contributed by atoms with Crippen molar-refractivity contribution >= 4 is 40.9 Å². The van der Waals surface area contributed by atoms with Gasteiger partial charge in [0.1, 0.15) is 12.4 Å². The second-order valence-electron chi connectivity index (χ2n) is 8.10. The molecule has 1 atom stereocenters. The van der Waals surface area contributed by atoms with Crippen LogP contribution < -0.4 is 15.1 Å². The van der Waals surface area contributed by atoms with Gasteiger partial charge >= 0.3 is 0 Å². The smallest absolute Gasteiger partial charge is 0.269 e. The highest BCUT2D eigenvalue weighted by molar-refractivity contribution is 8.02. The highest BCUT2D eigenvalue weighted by Gasteiger charge is 2.61. The van der Waals surface area contributed by atoms with E-state index in [1.165, 1.54) is 45.8 Å². The Bertz CT molecular complexity index is 1050. The number of rotatable bonds is 4. The summed E-state index contributed by atoms with van der Waals surface area (Å²) in [6, 6.07) is 13.0. The number of carbonyl (C=O) groups excluding carboxylic acids is 3. The molecule has 0 bridgehead atoms. The van der Waals surface area contributed by atoms with Gasteiger partial charge in [0.15, 0.2) is 0 Å². The van der Waals surface area contributed by atoms with Crippen molar-refractivity contribution in [2.45, 2.75) is 36.6 Å². The van der Waals surface area contributed by atoms with Gasteiger partial charge in [-0.05, 0) is 43.2 Å². The fourth-order valence-electron chi connectivity index (χ4n) is 4.79. The number of nitrogens with one attached hydrogen (secondary N) is 1. The van der Waals surface area contributed by atoms with Crippen LogP contribution in [0.4, 0.5) is 15.8 Å². The minimum absolute atomic E-state index is 0.0971. The van der Waals surface area contributed by atoms with Crippen LogP contribution in [0.1, 0.15) is 31.2 Å². The molecule has 1 saturated carbocycles. The number of hydrogen-bond acceptors (Lipinski definition) is 4. The molecule has 3 aliphatic rings. The number of hydrogen-bond donors (Lipinski definition) is 1. The predicted molar refractivity (Wildman–Crippen MR) is 117 cm³/mol. The molecule has 1 spiro atoms. The molecule has 1 N–H and O–H groups in total. The van der Waals surface area contributed by atoms with Crippen LogP contribution in [0.25, 0.3) is 0 Å². The molecule has 8 heteroatoms. The molecule has 2 heterocycles. The fourth-order valence-corrected chi connectivity index (χ4v) is 6.15. The van der Waals surface area contributed by atoms with E-state index in [1.54, 1.807) is 6.07 Å². The topological polar surface area (TPSA) is 69.7 Å². The zero-order chi connectivity index (χ0) is 21.6. The third kappa shape index (κ3) is 3.20. The SMILES string of the molecule is O=C(CN1C(=O)[C@]2(SCC(=O)N2c2ccc(F)cc2)c2ccccc21)NC1CCCC1. The molecule has 0 aromatic heterocycles. The van der Waals surface area contributed by atoms with Crippen LogP contribution in [0.15, 0.2) is 48.5 Å². The Morgan fingerprint density at radius 2 is 1.81 bits per heavy atom. The Hall–Kier alpha value is -2.87. The van der Waals surface area contributed by atoms with Gasteiger partial charge in [0.25, 0.3) is 5.91 Å². The van der Waals surface area contributed by atoms with E-state index >= 15 is 0 Å². The lowest BCUT2D eigenvalue weighted by atomic mass is 10.0. The summed E-state index contributed by atoms with van der Waals surface area (Å²) in [7, 11) is 0. The Kier molecular flexibility index (Phi) is 4.97. The maximum absolute atomic E-state index is 13.8. The summed E-state index contributed by atoms with van der Waals surface area (Å²) in [6.07, 6.45) is 4.13. The Morgan fingerprint density at radius 3 is 2.55 bits per heavy atom. The van der Waals surface area contributed by atoms with Gasteiger partial charge in [0.2, 0.25) is 16.7 Å². The van der Waals surface area contributed by atoms with E-state index in [1.807, 2.05) is 18.2 Å². The second-order valence-corrected chi connectivity index (χ2v) is 9.26. The number of nitrogens with zero attached hydrogens (tertiary/aromatic N) is 2. The largest absolute Gasteiger partial charge is 0.352 e. The second kappa shape index (κ2) is 7.67. The minimum atomic E-state index is -1.29. The first kappa shape index (κ1) is 20.1. The van der Waals surface area contributed by atoms with Gasteiger partial charge in [-0.15, -0.1) is 11.8 Å². The van der Waals surface area contributed by atoms with E-state index in [9.17, 15) is 18.8 Å². The van der Waals surface area contributed by atoms with Crippen LogP contribution >= 0.6 is 11.8 Å². The summed E-state index contributed by atoms with van der Waals surface area (Å²) in [4.78, 5) is 41.1. The highest BCUT2D eigenvalue weighted by Crippen LogP contribution is 2.55. The average Bonchev–Trinajstić information content (AvgIpc) is 3.45. The Balaban J connectivity index is 1.51. The molecule has 2 fully saturated rings. The van der Waals surface area contributed by atoms with Crippen LogP contribution in [0.3, 0.4) is 0 Å². The summed E-state index contributed by atoms with van der Waals surface area (Å²) in [5.74, 6) is -1.04. The molecule has 31 heavy (non-hydrogen) atoms. The lowest BCUT2D eigenvalue weighted by Gasteiger charge is -2.33. The number of amides is 3. The molecule has 1 aliphatic carbocycles. The number of anilines is 2. The molecule has 3 amide bonds. The monoisotopic (exact) mass is 439 g/mol. The van der Waals surface area contributed by atoms with Crippen LogP contribution in [-0.4, -0.2) is 36.1 Å². The van der Waals surface area contributed by atoms with Crippen molar-refractivity contribution in [2.24, 2.45) is 0 Å². The van der Waals surface area contributed by atoms with Crippen molar-refractivity contribution < 1.29 is 18.8 Å². The van der Waals surface area contributed by atoms with Gasteiger partial charge in [-0.3, -0.25) is 24.2 Å².